The van der Waals surface area contributed by atoms with Gasteiger partial charge in [-0.1, -0.05) is 37.8 Å². The Kier molecular flexibility index (Phi) is 7.21. The summed E-state index contributed by atoms with van der Waals surface area (Å²) in [6, 6.07) is 8.97. The number of aliphatic hydroxyl groups excluding tert-OH is 1. The van der Waals surface area contributed by atoms with Gasteiger partial charge in [0.1, 0.15) is 0 Å². The molecule has 0 aliphatic carbocycles. The van der Waals surface area contributed by atoms with Crippen LogP contribution in [-0.4, -0.2) is 65.3 Å². The zero-order valence-corrected chi connectivity index (χ0v) is 18.2. The van der Waals surface area contributed by atoms with Crippen molar-refractivity contribution < 1.29 is 9.90 Å². The number of nitrogens with zero attached hydrogens (tertiary/aromatic N) is 2. The molecule has 29 heavy (non-hydrogen) atoms. The summed E-state index contributed by atoms with van der Waals surface area (Å²) in [5.41, 5.74) is 2.25. The molecule has 2 aliphatic rings. The van der Waals surface area contributed by atoms with E-state index in [2.05, 4.69) is 60.2 Å². The van der Waals surface area contributed by atoms with E-state index in [9.17, 15) is 9.90 Å². The van der Waals surface area contributed by atoms with Crippen molar-refractivity contribution in [1.29, 1.82) is 0 Å². The van der Waals surface area contributed by atoms with E-state index in [0.29, 0.717) is 12.5 Å². The highest BCUT2D eigenvalue weighted by Crippen LogP contribution is 2.41. The quantitative estimate of drug-likeness (QED) is 0.771. The first-order valence-electron chi connectivity index (χ1n) is 10.9. The van der Waals surface area contributed by atoms with Crippen LogP contribution in [0, 0.1) is 17.8 Å². The van der Waals surface area contributed by atoms with Gasteiger partial charge in [0.15, 0.2) is 0 Å². The van der Waals surface area contributed by atoms with Crippen LogP contribution in [0.4, 0.5) is 4.79 Å². The molecule has 2 amide bonds. The van der Waals surface area contributed by atoms with Gasteiger partial charge in [0.25, 0.3) is 0 Å². The second-order valence-electron chi connectivity index (χ2n) is 8.88. The number of hydrogen-bond acceptors (Lipinski definition) is 3. The van der Waals surface area contributed by atoms with Gasteiger partial charge in [0, 0.05) is 48.6 Å². The van der Waals surface area contributed by atoms with Crippen LogP contribution >= 0.6 is 0 Å². The molecule has 1 aromatic carbocycles. The Bertz CT molecular complexity index is 748. The van der Waals surface area contributed by atoms with E-state index in [0.717, 1.165) is 31.5 Å². The predicted octanol–water partition coefficient (Wildman–Crippen LogP) is 3.04. The van der Waals surface area contributed by atoms with Crippen molar-refractivity contribution in [2.24, 2.45) is 5.92 Å². The normalized spacial score (nSPS) is 24.8. The van der Waals surface area contributed by atoms with Crippen molar-refractivity contribution in [3.05, 3.63) is 35.4 Å². The molecule has 3 rings (SSSR count). The van der Waals surface area contributed by atoms with Gasteiger partial charge in [0.2, 0.25) is 0 Å². The maximum absolute atomic E-state index is 12.6. The van der Waals surface area contributed by atoms with Gasteiger partial charge in [-0.3, -0.25) is 4.90 Å². The maximum Gasteiger partial charge on any atom is 0.317 e. The number of urea groups is 1. The van der Waals surface area contributed by atoms with Crippen LogP contribution in [0.25, 0.3) is 0 Å². The molecule has 5 nitrogen and oxygen atoms in total. The molecule has 2 aliphatic heterocycles. The summed E-state index contributed by atoms with van der Waals surface area (Å²) >= 11 is 0. The predicted molar refractivity (Wildman–Crippen MR) is 117 cm³/mol. The number of benzene rings is 1. The fraction of sp³-hybridized carbons (Fsp3) is 0.625. The summed E-state index contributed by atoms with van der Waals surface area (Å²) in [5.74, 6) is 7.01. The number of nitrogens with one attached hydrogen (secondary N) is 1. The number of carbonyl (C=O) groups is 1. The lowest BCUT2D eigenvalue weighted by Crippen LogP contribution is -2.68. The van der Waals surface area contributed by atoms with Crippen LogP contribution < -0.4 is 5.32 Å². The molecule has 0 aromatic heterocycles. The third-order valence-electron chi connectivity index (χ3n) is 5.87. The molecule has 158 valence electrons. The molecule has 1 aromatic rings. The lowest BCUT2D eigenvalue weighted by atomic mass is 9.74. The van der Waals surface area contributed by atoms with E-state index in [-0.39, 0.29) is 36.7 Å². The summed E-state index contributed by atoms with van der Waals surface area (Å²) in [6.07, 6.45) is 2.05. The number of carbonyl (C=O) groups excluding carboxylic acids is 1. The van der Waals surface area contributed by atoms with Crippen LogP contribution in [0.15, 0.2) is 24.3 Å². The van der Waals surface area contributed by atoms with Gasteiger partial charge in [-0.2, -0.15) is 0 Å². The molecule has 0 bridgehead atoms. The molecular weight excluding hydrogens is 362 g/mol. The van der Waals surface area contributed by atoms with Crippen LogP contribution in [0.1, 0.15) is 57.6 Å². The Morgan fingerprint density at radius 2 is 1.86 bits per heavy atom. The number of rotatable bonds is 3. The van der Waals surface area contributed by atoms with Crippen molar-refractivity contribution >= 4 is 6.03 Å². The highest BCUT2D eigenvalue weighted by atomic mass is 16.3. The molecular formula is C24H35N3O2. The molecule has 0 unspecified atom stereocenters. The Hall–Kier alpha value is -2.03. The minimum atomic E-state index is 0.0207. The number of amides is 2. The van der Waals surface area contributed by atoms with Gasteiger partial charge in [-0.15, -0.1) is 0 Å². The maximum atomic E-state index is 12.6. The lowest BCUT2D eigenvalue weighted by Gasteiger charge is -2.57. The summed E-state index contributed by atoms with van der Waals surface area (Å²) in [4.78, 5) is 17.0. The van der Waals surface area contributed by atoms with Gasteiger partial charge in [-0.25, -0.2) is 4.79 Å². The van der Waals surface area contributed by atoms with Crippen LogP contribution in [-0.2, 0) is 0 Å². The smallest absolute Gasteiger partial charge is 0.317 e. The topological polar surface area (TPSA) is 55.8 Å². The third kappa shape index (κ3) is 5.12. The largest absolute Gasteiger partial charge is 0.395 e. The van der Waals surface area contributed by atoms with Crippen molar-refractivity contribution in [1.82, 2.24) is 15.1 Å². The number of aliphatic hydroxyl groups is 1. The van der Waals surface area contributed by atoms with E-state index in [4.69, 9.17) is 0 Å². The van der Waals surface area contributed by atoms with Crippen molar-refractivity contribution in [2.45, 2.75) is 64.6 Å². The summed E-state index contributed by atoms with van der Waals surface area (Å²) in [6.45, 7) is 10.8. The van der Waals surface area contributed by atoms with E-state index >= 15 is 0 Å². The van der Waals surface area contributed by atoms with Crippen LogP contribution in [0.5, 0.6) is 0 Å². The Morgan fingerprint density at radius 1 is 1.17 bits per heavy atom. The van der Waals surface area contributed by atoms with E-state index in [1.165, 1.54) is 5.56 Å². The average molecular weight is 398 g/mol. The Balaban J connectivity index is 1.78. The monoisotopic (exact) mass is 397 g/mol. The standard InChI is InChI=1S/C24H35N3O2/c1-17(2)7-8-19-9-11-20(12-10-19)23-21-15-26(24(29)25-18(3)4)13-5-6-14-27(21)22(23)16-28/h9-12,17-18,21-23,28H,5-6,13-16H2,1-4H3,(H,25,29)/t21-,22-,23-/m0/s1. The second-order valence-corrected chi connectivity index (χ2v) is 8.88. The van der Waals surface area contributed by atoms with E-state index < -0.39 is 0 Å². The van der Waals surface area contributed by atoms with E-state index in [1.54, 1.807) is 0 Å². The average Bonchev–Trinajstić information content (AvgIpc) is 2.65. The van der Waals surface area contributed by atoms with Crippen LogP contribution in [0.3, 0.4) is 0 Å². The van der Waals surface area contributed by atoms with Gasteiger partial charge in [0.05, 0.1) is 6.61 Å². The summed E-state index contributed by atoms with van der Waals surface area (Å²) < 4.78 is 0. The summed E-state index contributed by atoms with van der Waals surface area (Å²) in [5, 5.41) is 13.1. The number of hydrogen-bond donors (Lipinski definition) is 2. The Labute approximate surface area is 175 Å². The minimum absolute atomic E-state index is 0.0207. The first kappa shape index (κ1) is 21.7. The van der Waals surface area contributed by atoms with Gasteiger partial charge >= 0.3 is 6.03 Å². The summed E-state index contributed by atoms with van der Waals surface area (Å²) in [7, 11) is 0. The molecule has 0 spiro atoms. The molecule has 2 saturated heterocycles. The zero-order chi connectivity index (χ0) is 21.0. The van der Waals surface area contributed by atoms with Crippen LogP contribution in [0.2, 0.25) is 0 Å². The molecule has 5 heteroatoms. The fourth-order valence-electron chi connectivity index (χ4n) is 4.48. The first-order chi connectivity index (χ1) is 13.9. The third-order valence-corrected chi connectivity index (χ3v) is 5.87. The zero-order valence-electron chi connectivity index (χ0n) is 18.2. The Morgan fingerprint density at radius 3 is 2.48 bits per heavy atom. The fourth-order valence-corrected chi connectivity index (χ4v) is 4.48. The highest BCUT2D eigenvalue weighted by Gasteiger charge is 2.49. The highest BCUT2D eigenvalue weighted by molar-refractivity contribution is 5.74. The van der Waals surface area contributed by atoms with Crippen molar-refractivity contribution in [3.8, 4) is 11.8 Å². The second kappa shape index (κ2) is 9.65. The molecule has 2 N–H and O–H groups in total. The number of fused-ring (bicyclic) bond motifs is 1. The molecule has 2 fully saturated rings. The molecule has 0 radical (unpaired) electrons. The van der Waals surface area contributed by atoms with Crippen molar-refractivity contribution in [3.63, 3.8) is 0 Å². The van der Waals surface area contributed by atoms with Gasteiger partial charge < -0.3 is 15.3 Å². The minimum Gasteiger partial charge on any atom is -0.395 e. The first-order valence-corrected chi connectivity index (χ1v) is 10.9. The SMILES string of the molecule is CC(C)C#Cc1ccc([C@@H]2[C@H](CO)N3CCCCN(C(=O)NC(C)C)C[C@@H]23)cc1. The van der Waals surface area contributed by atoms with Crippen molar-refractivity contribution in [2.75, 3.05) is 26.2 Å². The van der Waals surface area contributed by atoms with E-state index in [1.807, 2.05) is 18.7 Å². The molecule has 0 saturated carbocycles. The molecule has 3 atom stereocenters. The lowest BCUT2D eigenvalue weighted by molar-refractivity contribution is -0.0591. The van der Waals surface area contributed by atoms with Gasteiger partial charge in [-0.05, 0) is 50.9 Å². The molecule has 2 heterocycles.